The van der Waals surface area contributed by atoms with Gasteiger partial charge in [0.05, 0.1) is 28.1 Å². The number of ether oxygens (including phenoxy) is 1. The Morgan fingerprint density at radius 3 is 3.00 bits per heavy atom. The first kappa shape index (κ1) is 15.7. The van der Waals surface area contributed by atoms with Crippen LogP contribution in [0, 0.1) is 0 Å². The van der Waals surface area contributed by atoms with E-state index in [2.05, 4.69) is 49.0 Å². The molecule has 0 amide bonds. The van der Waals surface area contributed by atoms with Crippen molar-refractivity contribution in [2.24, 2.45) is 0 Å². The van der Waals surface area contributed by atoms with E-state index < -0.39 is 0 Å². The van der Waals surface area contributed by atoms with Crippen molar-refractivity contribution in [2.75, 3.05) is 5.32 Å². The molecule has 0 saturated carbocycles. The molecule has 4 heterocycles. The fourth-order valence-corrected chi connectivity index (χ4v) is 4.11. The second-order valence-corrected chi connectivity index (χ2v) is 8.13. The smallest absolute Gasteiger partial charge is 0.147 e. The average molecular weight is 342 g/mol. The van der Waals surface area contributed by atoms with Gasteiger partial charge in [-0.1, -0.05) is 6.92 Å². The Labute approximate surface area is 145 Å². The van der Waals surface area contributed by atoms with Gasteiger partial charge in [0.15, 0.2) is 0 Å². The molecule has 0 saturated heterocycles. The summed E-state index contributed by atoms with van der Waals surface area (Å²) in [5.74, 6) is 0.909. The number of hydrogen-bond acceptors (Lipinski definition) is 6. The van der Waals surface area contributed by atoms with Crippen molar-refractivity contribution in [3.63, 3.8) is 0 Å². The molecule has 0 spiro atoms. The minimum absolute atomic E-state index is 0.145. The zero-order chi connectivity index (χ0) is 16.9. The van der Waals surface area contributed by atoms with Crippen LogP contribution in [-0.4, -0.2) is 26.6 Å². The Hall–Kier alpha value is -1.79. The number of thiophene rings is 1. The fraction of sp³-hybridized carbons (Fsp3) is 0.500. The third kappa shape index (κ3) is 2.63. The van der Waals surface area contributed by atoms with E-state index in [0.29, 0.717) is 12.6 Å². The molecule has 6 heteroatoms. The Morgan fingerprint density at radius 1 is 1.38 bits per heavy atom. The summed E-state index contributed by atoms with van der Waals surface area (Å²) in [6.07, 6.45) is 3.53. The Balaban J connectivity index is 1.87. The van der Waals surface area contributed by atoms with E-state index in [0.717, 1.165) is 44.8 Å². The molecule has 1 aliphatic heterocycles. The molecule has 0 fully saturated rings. The normalized spacial score (nSPS) is 17.8. The van der Waals surface area contributed by atoms with Gasteiger partial charge in [0, 0.05) is 23.4 Å². The number of hydrogen-bond donors (Lipinski definition) is 1. The lowest BCUT2D eigenvalue weighted by Gasteiger charge is -2.30. The highest BCUT2D eigenvalue weighted by Crippen LogP contribution is 2.38. The average Bonchev–Trinajstić information content (AvgIpc) is 2.90. The highest BCUT2D eigenvalue weighted by atomic mass is 32.1. The molecule has 126 valence electrons. The number of aromatic nitrogens is 3. The van der Waals surface area contributed by atoms with E-state index in [1.165, 1.54) is 5.56 Å². The zero-order valence-electron chi connectivity index (χ0n) is 14.5. The quantitative estimate of drug-likeness (QED) is 0.769. The minimum Gasteiger partial charge on any atom is -0.370 e. The van der Waals surface area contributed by atoms with Gasteiger partial charge in [-0.25, -0.2) is 15.0 Å². The summed E-state index contributed by atoms with van der Waals surface area (Å²) in [4.78, 5) is 14.9. The van der Waals surface area contributed by atoms with Crippen LogP contribution in [0.25, 0.3) is 20.4 Å². The molecular weight excluding hydrogens is 320 g/mol. The van der Waals surface area contributed by atoms with Gasteiger partial charge in [0.2, 0.25) is 0 Å². The summed E-state index contributed by atoms with van der Waals surface area (Å²) in [7, 11) is 0. The number of fused-ring (bicyclic) bond motifs is 4. The lowest BCUT2D eigenvalue weighted by molar-refractivity contribution is -0.0411. The van der Waals surface area contributed by atoms with Crippen LogP contribution < -0.4 is 5.32 Å². The van der Waals surface area contributed by atoms with Gasteiger partial charge in [0.25, 0.3) is 0 Å². The van der Waals surface area contributed by atoms with E-state index in [1.807, 2.05) is 0 Å². The topological polar surface area (TPSA) is 59.9 Å². The number of anilines is 1. The van der Waals surface area contributed by atoms with Gasteiger partial charge in [-0.05, 0) is 33.3 Å². The van der Waals surface area contributed by atoms with E-state index in [-0.39, 0.29) is 5.60 Å². The molecule has 4 rings (SSSR count). The maximum Gasteiger partial charge on any atom is 0.147 e. The van der Waals surface area contributed by atoms with Gasteiger partial charge < -0.3 is 10.1 Å². The van der Waals surface area contributed by atoms with Crippen LogP contribution in [-0.2, 0) is 17.8 Å². The largest absolute Gasteiger partial charge is 0.370 e. The van der Waals surface area contributed by atoms with Crippen molar-refractivity contribution in [1.29, 1.82) is 0 Å². The van der Waals surface area contributed by atoms with Gasteiger partial charge in [-0.15, -0.1) is 11.3 Å². The molecule has 0 aromatic carbocycles. The number of nitrogens with zero attached hydrogens (tertiary/aromatic N) is 3. The summed E-state index contributed by atoms with van der Waals surface area (Å²) < 4.78 is 7.02. The number of pyridine rings is 1. The van der Waals surface area contributed by atoms with Gasteiger partial charge in [-0.3, -0.25) is 0 Å². The molecule has 0 bridgehead atoms. The first-order valence-electron chi connectivity index (χ1n) is 8.43. The molecule has 24 heavy (non-hydrogen) atoms. The van der Waals surface area contributed by atoms with E-state index in [1.54, 1.807) is 17.7 Å². The Bertz CT molecular complexity index is 918. The monoisotopic (exact) mass is 342 g/mol. The van der Waals surface area contributed by atoms with Crippen LogP contribution in [0.1, 0.15) is 45.4 Å². The van der Waals surface area contributed by atoms with Crippen LogP contribution >= 0.6 is 11.3 Å². The zero-order valence-corrected chi connectivity index (χ0v) is 15.3. The fourth-order valence-electron chi connectivity index (χ4n) is 3.02. The van der Waals surface area contributed by atoms with Gasteiger partial charge in [0.1, 0.15) is 17.0 Å². The van der Waals surface area contributed by atoms with E-state index >= 15 is 0 Å². The van der Waals surface area contributed by atoms with Crippen LogP contribution in [0.15, 0.2) is 12.4 Å². The molecule has 0 aliphatic carbocycles. The minimum atomic E-state index is -0.145. The third-order valence-electron chi connectivity index (χ3n) is 4.62. The molecule has 3 aromatic heterocycles. The Morgan fingerprint density at radius 2 is 2.21 bits per heavy atom. The van der Waals surface area contributed by atoms with Gasteiger partial charge in [-0.2, -0.15) is 0 Å². The van der Waals surface area contributed by atoms with Crippen molar-refractivity contribution in [2.45, 2.75) is 58.8 Å². The van der Waals surface area contributed by atoms with Crippen molar-refractivity contribution in [3.8, 4) is 0 Å². The maximum absolute atomic E-state index is 5.94. The highest BCUT2D eigenvalue weighted by molar-refractivity contribution is 7.25. The number of nitrogens with one attached hydrogen (secondary N) is 1. The van der Waals surface area contributed by atoms with Crippen LogP contribution in [0.5, 0.6) is 0 Å². The second-order valence-electron chi connectivity index (χ2n) is 7.13. The standard InChI is InChI=1S/C18H22N4OS/c1-5-10(2)21-16-15-14(19-9-20-16)12-6-11-8-23-18(3,4)7-13(11)22-17(12)24-15/h6,9-10H,5,7-8H2,1-4H3,(H,19,20,21)/t10-/m1/s1. The lowest BCUT2D eigenvalue weighted by atomic mass is 9.95. The van der Waals surface area contributed by atoms with Crippen molar-refractivity contribution in [3.05, 3.63) is 23.7 Å². The van der Waals surface area contributed by atoms with E-state index in [9.17, 15) is 0 Å². The third-order valence-corrected chi connectivity index (χ3v) is 5.72. The van der Waals surface area contributed by atoms with E-state index in [4.69, 9.17) is 9.72 Å². The summed E-state index contributed by atoms with van der Waals surface area (Å²) >= 11 is 1.67. The predicted octanol–water partition coefficient (Wildman–Crippen LogP) is 4.30. The molecule has 0 unspecified atom stereocenters. The molecule has 0 radical (unpaired) electrons. The Kier molecular flexibility index (Phi) is 3.69. The van der Waals surface area contributed by atoms with Crippen molar-refractivity contribution < 1.29 is 4.74 Å². The SMILES string of the molecule is CC[C@@H](C)Nc1ncnc2c1sc1nc3c(cc12)COC(C)(C)C3. The van der Waals surface area contributed by atoms with Gasteiger partial charge >= 0.3 is 0 Å². The molecule has 1 aliphatic rings. The summed E-state index contributed by atoms with van der Waals surface area (Å²) in [6.45, 7) is 9.18. The molecule has 1 N–H and O–H groups in total. The molecule has 1 atom stereocenters. The first-order valence-corrected chi connectivity index (χ1v) is 9.25. The van der Waals surface area contributed by atoms with Crippen LogP contribution in [0.3, 0.4) is 0 Å². The number of rotatable bonds is 3. The van der Waals surface area contributed by atoms with Crippen molar-refractivity contribution >= 4 is 37.6 Å². The summed E-state index contributed by atoms with van der Waals surface area (Å²) in [6, 6.07) is 2.58. The summed E-state index contributed by atoms with van der Waals surface area (Å²) in [5.41, 5.74) is 3.16. The molecule has 5 nitrogen and oxygen atoms in total. The second kappa shape index (κ2) is 5.63. The van der Waals surface area contributed by atoms with Crippen LogP contribution in [0.2, 0.25) is 0 Å². The van der Waals surface area contributed by atoms with Crippen LogP contribution in [0.4, 0.5) is 5.82 Å². The predicted molar refractivity (Wildman–Crippen MR) is 98.7 cm³/mol. The first-order chi connectivity index (χ1) is 11.5. The lowest BCUT2D eigenvalue weighted by Crippen LogP contribution is -2.32. The van der Waals surface area contributed by atoms with Crippen molar-refractivity contribution in [1.82, 2.24) is 15.0 Å². The molecular formula is C18H22N4OS. The molecule has 3 aromatic rings. The highest BCUT2D eigenvalue weighted by Gasteiger charge is 2.28. The summed E-state index contributed by atoms with van der Waals surface area (Å²) in [5, 5.41) is 4.59. The maximum atomic E-state index is 5.94.